The number of hydrogen-bond acceptors (Lipinski definition) is 5. The van der Waals surface area contributed by atoms with E-state index in [1.165, 1.54) is 0 Å². The molecule has 160 valence electrons. The van der Waals surface area contributed by atoms with Crippen LogP contribution < -0.4 is 10.6 Å². The standard InChI is InChI=1S/C21H33ClN6O/c1-15(2)28(16(3)4)13-7-11-24-21(23-5)25-12-10-19-26-20(27-29-19)17-8-6-9-18(22)14-17/h6,8-9,14-16H,7,10-13H2,1-5H3,(H2,23,24,25). The fourth-order valence-corrected chi connectivity index (χ4v) is 3.38. The number of nitrogens with one attached hydrogen (secondary N) is 2. The Morgan fingerprint density at radius 1 is 1.17 bits per heavy atom. The van der Waals surface area contributed by atoms with Crippen LogP contribution >= 0.6 is 11.6 Å². The minimum absolute atomic E-state index is 0.546. The predicted molar refractivity (Wildman–Crippen MR) is 119 cm³/mol. The molecule has 8 heteroatoms. The van der Waals surface area contributed by atoms with Crippen LogP contribution in [0.15, 0.2) is 33.8 Å². The summed E-state index contributed by atoms with van der Waals surface area (Å²) in [5.41, 5.74) is 0.842. The van der Waals surface area contributed by atoms with Crippen molar-refractivity contribution in [1.82, 2.24) is 25.7 Å². The molecule has 0 atom stereocenters. The van der Waals surface area contributed by atoms with Gasteiger partial charge in [0.2, 0.25) is 11.7 Å². The third-order valence-electron chi connectivity index (χ3n) is 4.62. The molecular weight excluding hydrogens is 388 g/mol. The van der Waals surface area contributed by atoms with Crippen LogP contribution in [0.4, 0.5) is 0 Å². The Morgan fingerprint density at radius 2 is 1.90 bits per heavy atom. The van der Waals surface area contributed by atoms with E-state index in [4.69, 9.17) is 16.1 Å². The van der Waals surface area contributed by atoms with Crippen LogP contribution in [0.1, 0.15) is 40.0 Å². The molecule has 0 fully saturated rings. The van der Waals surface area contributed by atoms with Gasteiger partial charge >= 0.3 is 0 Å². The van der Waals surface area contributed by atoms with Gasteiger partial charge in [0.25, 0.3) is 0 Å². The Labute approximate surface area is 178 Å². The van der Waals surface area contributed by atoms with Crippen LogP contribution in [0.3, 0.4) is 0 Å². The van der Waals surface area contributed by atoms with E-state index >= 15 is 0 Å². The number of nitrogens with zero attached hydrogens (tertiary/aromatic N) is 4. The SMILES string of the molecule is CN=C(NCCCN(C(C)C)C(C)C)NCCc1nc(-c2cccc(Cl)c2)no1. The molecule has 1 aromatic heterocycles. The molecule has 2 rings (SSSR count). The average Bonchev–Trinajstić information content (AvgIpc) is 3.14. The lowest BCUT2D eigenvalue weighted by atomic mass is 10.2. The second kappa shape index (κ2) is 11.8. The highest BCUT2D eigenvalue weighted by atomic mass is 35.5. The number of guanidine groups is 1. The molecule has 0 unspecified atom stereocenters. The molecule has 1 aromatic carbocycles. The van der Waals surface area contributed by atoms with E-state index in [1.54, 1.807) is 7.05 Å². The zero-order valence-electron chi connectivity index (χ0n) is 18.1. The van der Waals surface area contributed by atoms with Crippen molar-refractivity contribution in [2.24, 2.45) is 4.99 Å². The Bertz CT molecular complexity index is 766. The Morgan fingerprint density at radius 3 is 2.55 bits per heavy atom. The minimum Gasteiger partial charge on any atom is -0.356 e. The van der Waals surface area contributed by atoms with E-state index in [0.29, 0.717) is 41.8 Å². The summed E-state index contributed by atoms with van der Waals surface area (Å²) in [7, 11) is 1.77. The highest BCUT2D eigenvalue weighted by Crippen LogP contribution is 2.19. The largest absolute Gasteiger partial charge is 0.356 e. The molecule has 0 saturated heterocycles. The smallest absolute Gasteiger partial charge is 0.228 e. The third kappa shape index (κ3) is 7.66. The van der Waals surface area contributed by atoms with Gasteiger partial charge in [0.05, 0.1) is 0 Å². The topological polar surface area (TPSA) is 78.6 Å². The van der Waals surface area contributed by atoms with Crippen molar-refractivity contribution in [3.8, 4) is 11.4 Å². The van der Waals surface area contributed by atoms with Crippen LogP contribution in [0.5, 0.6) is 0 Å². The normalized spacial score (nSPS) is 12.2. The summed E-state index contributed by atoms with van der Waals surface area (Å²) in [6, 6.07) is 8.52. The van der Waals surface area contributed by atoms with E-state index in [9.17, 15) is 0 Å². The molecular formula is C21H33ClN6O. The van der Waals surface area contributed by atoms with Crippen LogP contribution in [0.2, 0.25) is 5.02 Å². The second-order valence-corrected chi connectivity index (χ2v) is 7.91. The lowest BCUT2D eigenvalue weighted by Gasteiger charge is -2.30. The predicted octanol–water partition coefficient (Wildman–Crippen LogP) is 3.61. The molecule has 0 spiro atoms. The van der Waals surface area contributed by atoms with Crippen molar-refractivity contribution in [2.75, 3.05) is 26.7 Å². The molecule has 1 heterocycles. The molecule has 0 saturated carbocycles. The summed E-state index contributed by atoms with van der Waals surface area (Å²) in [6.07, 6.45) is 1.67. The van der Waals surface area contributed by atoms with E-state index in [2.05, 4.69) is 58.4 Å². The summed E-state index contributed by atoms with van der Waals surface area (Å²) in [4.78, 5) is 11.2. The Balaban J connectivity index is 1.72. The van der Waals surface area contributed by atoms with Crippen molar-refractivity contribution in [3.63, 3.8) is 0 Å². The molecule has 0 aliphatic rings. The number of aromatic nitrogens is 2. The van der Waals surface area contributed by atoms with Gasteiger partial charge in [-0.3, -0.25) is 9.89 Å². The summed E-state index contributed by atoms with van der Waals surface area (Å²) < 4.78 is 5.33. The van der Waals surface area contributed by atoms with Crippen LogP contribution in [-0.2, 0) is 6.42 Å². The van der Waals surface area contributed by atoms with Gasteiger partial charge in [-0.2, -0.15) is 4.98 Å². The van der Waals surface area contributed by atoms with E-state index in [1.807, 2.05) is 24.3 Å². The van der Waals surface area contributed by atoms with E-state index in [-0.39, 0.29) is 0 Å². The average molecular weight is 421 g/mol. The first-order valence-electron chi connectivity index (χ1n) is 10.2. The van der Waals surface area contributed by atoms with Gasteiger partial charge in [-0.15, -0.1) is 0 Å². The van der Waals surface area contributed by atoms with Crippen molar-refractivity contribution in [2.45, 2.75) is 52.6 Å². The third-order valence-corrected chi connectivity index (χ3v) is 4.85. The van der Waals surface area contributed by atoms with Crippen LogP contribution in [-0.4, -0.2) is 59.8 Å². The molecule has 0 bridgehead atoms. The monoisotopic (exact) mass is 420 g/mol. The highest BCUT2D eigenvalue weighted by Gasteiger charge is 2.12. The van der Waals surface area contributed by atoms with Gasteiger partial charge in [0.15, 0.2) is 5.96 Å². The first-order valence-corrected chi connectivity index (χ1v) is 10.6. The second-order valence-electron chi connectivity index (χ2n) is 7.48. The Hall–Kier alpha value is -2.12. The fourth-order valence-electron chi connectivity index (χ4n) is 3.19. The first-order chi connectivity index (χ1) is 13.9. The molecule has 0 aliphatic carbocycles. The van der Waals surface area contributed by atoms with E-state index < -0.39 is 0 Å². The van der Waals surface area contributed by atoms with Gasteiger partial charge in [-0.05, 0) is 46.2 Å². The fraction of sp³-hybridized carbons (Fsp3) is 0.571. The van der Waals surface area contributed by atoms with Gasteiger partial charge in [0.1, 0.15) is 0 Å². The maximum Gasteiger partial charge on any atom is 0.228 e. The number of benzene rings is 1. The molecule has 0 amide bonds. The van der Waals surface area contributed by atoms with Crippen molar-refractivity contribution in [3.05, 3.63) is 35.2 Å². The Kier molecular flexibility index (Phi) is 9.41. The van der Waals surface area contributed by atoms with Crippen LogP contribution in [0, 0.1) is 0 Å². The highest BCUT2D eigenvalue weighted by molar-refractivity contribution is 6.30. The maximum atomic E-state index is 6.02. The molecule has 0 radical (unpaired) electrons. The number of hydrogen-bond donors (Lipinski definition) is 2. The van der Waals surface area contributed by atoms with Crippen molar-refractivity contribution in [1.29, 1.82) is 0 Å². The zero-order chi connectivity index (χ0) is 21.2. The molecule has 2 N–H and O–H groups in total. The summed E-state index contributed by atoms with van der Waals surface area (Å²) in [5, 5.41) is 11.3. The lowest BCUT2D eigenvalue weighted by Crippen LogP contribution is -2.41. The summed E-state index contributed by atoms with van der Waals surface area (Å²) in [6.45, 7) is 11.5. The molecule has 0 aliphatic heterocycles. The lowest BCUT2D eigenvalue weighted by molar-refractivity contribution is 0.173. The zero-order valence-corrected chi connectivity index (χ0v) is 18.8. The van der Waals surface area contributed by atoms with Gasteiger partial charge in [-0.1, -0.05) is 28.9 Å². The summed E-state index contributed by atoms with van der Waals surface area (Å²) in [5.74, 6) is 1.90. The van der Waals surface area contributed by atoms with Gasteiger partial charge in [0, 0.05) is 55.8 Å². The number of aliphatic imine (C=N–C) groups is 1. The quantitative estimate of drug-likeness (QED) is 0.347. The van der Waals surface area contributed by atoms with Crippen molar-refractivity contribution >= 4 is 17.6 Å². The van der Waals surface area contributed by atoms with Crippen LogP contribution in [0.25, 0.3) is 11.4 Å². The minimum atomic E-state index is 0.546. The molecule has 2 aromatic rings. The molecule has 7 nitrogen and oxygen atoms in total. The molecule has 29 heavy (non-hydrogen) atoms. The van der Waals surface area contributed by atoms with Crippen molar-refractivity contribution < 1.29 is 4.52 Å². The number of halogens is 1. The first kappa shape index (κ1) is 23.2. The number of rotatable bonds is 10. The summed E-state index contributed by atoms with van der Waals surface area (Å²) >= 11 is 6.02. The van der Waals surface area contributed by atoms with E-state index in [0.717, 1.165) is 31.0 Å². The van der Waals surface area contributed by atoms with Gasteiger partial charge in [-0.25, -0.2) is 0 Å². The van der Waals surface area contributed by atoms with Gasteiger partial charge < -0.3 is 15.2 Å². The maximum absolute atomic E-state index is 6.02.